The van der Waals surface area contributed by atoms with Gasteiger partial charge in [-0.05, 0) is 36.2 Å². The molecule has 25 heavy (non-hydrogen) atoms. The van der Waals surface area contributed by atoms with Crippen LogP contribution in [0.4, 0.5) is 0 Å². The molecule has 0 saturated heterocycles. The number of para-hydroxylation sites is 1. The first-order valence-electron chi connectivity index (χ1n) is 8.38. The molecule has 3 aromatic rings. The predicted octanol–water partition coefficient (Wildman–Crippen LogP) is 4.90. The highest BCUT2D eigenvalue weighted by Crippen LogP contribution is 2.29. The normalized spacial score (nSPS) is 11.8. The molecule has 0 heterocycles. The summed E-state index contributed by atoms with van der Waals surface area (Å²) in [5, 5.41) is 9.12. The summed E-state index contributed by atoms with van der Waals surface area (Å²) in [6.45, 7) is 2.56. The lowest BCUT2D eigenvalue weighted by molar-refractivity contribution is 0.215. The van der Waals surface area contributed by atoms with Crippen LogP contribution in [0.15, 0.2) is 78.9 Å². The van der Waals surface area contributed by atoms with Crippen LogP contribution < -0.4 is 9.47 Å². The van der Waals surface area contributed by atoms with E-state index < -0.39 is 0 Å². The van der Waals surface area contributed by atoms with Gasteiger partial charge in [-0.15, -0.1) is 0 Å². The van der Waals surface area contributed by atoms with Crippen LogP contribution >= 0.6 is 0 Å². The van der Waals surface area contributed by atoms with Crippen molar-refractivity contribution in [3.63, 3.8) is 0 Å². The molecule has 1 unspecified atom stereocenters. The Bertz CT molecular complexity index is 782. The highest BCUT2D eigenvalue weighted by Gasteiger charge is 2.13. The molecule has 0 radical (unpaired) electrons. The molecular formula is C22H22O3. The Balaban J connectivity index is 1.70. The number of hydrogen-bond donors (Lipinski definition) is 1. The van der Waals surface area contributed by atoms with Gasteiger partial charge in [0.1, 0.15) is 24.2 Å². The van der Waals surface area contributed by atoms with Gasteiger partial charge in [0, 0.05) is 5.56 Å². The average molecular weight is 334 g/mol. The molecule has 0 aromatic heterocycles. The molecule has 0 aliphatic heterocycles. The maximum absolute atomic E-state index is 9.12. The molecule has 3 heteroatoms. The Hall–Kier alpha value is -2.78. The Kier molecular flexibility index (Phi) is 5.70. The van der Waals surface area contributed by atoms with Crippen molar-refractivity contribution in [3.05, 3.63) is 95.6 Å². The molecule has 0 spiro atoms. The summed E-state index contributed by atoms with van der Waals surface area (Å²) in [4.78, 5) is 0. The van der Waals surface area contributed by atoms with Gasteiger partial charge in [0.15, 0.2) is 0 Å². The van der Waals surface area contributed by atoms with Crippen LogP contribution in [-0.2, 0) is 13.2 Å². The maximum Gasteiger partial charge on any atom is 0.126 e. The fourth-order valence-electron chi connectivity index (χ4n) is 2.62. The first kappa shape index (κ1) is 17.1. The number of rotatable bonds is 7. The molecule has 1 N–H and O–H groups in total. The second-order valence-electron chi connectivity index (χ2n) is 5.87. The Morgan fingerprint density at radius 3 is 2.20 bits per heavy atom. The maximum atomic E-state index is 9.12. The van der Waals surface area contributed by atoms with Crippen LogP contribution in [0.1, 0.15) is 29.7 Å². The van der Waals surface area contributed by atoms with Gasteiger partial charge in [-0.3, -0.25) is 0 Å². The molecule has 3 rings (SSSR count). The standard InChI is InChI=1S/C22H22O3/c1-17(25-20-13-11-18(15-23)12-14-20)21-9-5-6-10-22(21)24-16-19-7-3-2-4-8-19/h2-14,17,23H,15-16H2,1H3. The lowest BCUT2D eigenvalue weighted by atomic mass is 10.1. The lowest BCUT2D eigenvalue weighted by Crippen LogP contribution is -2.06. The molecular weight excluding hydrogens is 312 g/mol. The summed E-state index contributed by atoms with van der Waals surface area (Å²) in [6.07, 6.45) is -0.146. The van der Waals surface area contributed by atoms with Crippen molar-refractivity contribution >= 4 is 0 Å². The number of aliphatic hydroxyl groups excluding tert-OH is 1. The van der Waals surface area contributed by atoms with Gasteiger partial charge < -0.3 is 14.6 Å². The molecule has 1 atom stereocenters. The van der Waals surface area contributed by atoms with Crippen LogP contribution in [0.5, 0.6) is 11.5 Å². The van der Waals surface area contributed by atoms with Gasteiger partial charge >= 0.3 is 0 Å². The van der Waals surface area contributed by atoms with Crippen LogP contribution in [0, 0.1) is 0 Å². The summed E-state index contributed by atoms with van der Waals surface area (Å²) in [5.74, 6) is 1.59. The zero-order chi connectivity index (χ0) is 17.5. The minimum absolute atomic E-state index is 0.0337. The van der Waals surface area contributed by atoms with E-state index in [9.17, 15) is 0 Å². The van der Waals surface area contributed by atoms with E-state index in [-0.39, 0.29) is 12.7 Å². The van der Waals surface area contributed by atoms with Gasteiger partial charge in [-0.25, -0.2) is 0 Å². The summed E-state index contributed by atoms with van der Waals surface area (Å²) in [7, 11) is 0. The number of benzene rings is 3. The van der Waals surface area contributed by atoms with Crippen molar-refractivity contribution < 1.29 is 14.6 Å². The second kappa shape index (κ2) is 8.36. The van der Waals surface area contributed by atoms with Crippen LogP contribution in [0.25, 0.3) is 0 Å². The number of hydrogen-bond acceptors (Lipinski definition) is 3. The van der Waals surface area contributed by atoms with Crippen LogP contribution in [0.2, 0.25) is 0 Å². The van der Waals surface area contributed by atoms with E-state index in [4.69, 9.17) is 14.6 Å². The molecule has 0 fully saturated rings. The third kappa shape index (κ3) is 4.61. The van der Waals surface area contributed by atoms with Gasteiger partial charge in [0.25, 0.3) is 0 Å². The topological polar surface area (TPSA) is 38.7 Å². The van der Waals surface area contributed by atoms with Crippen molar-refractivity contribution in [1.29, 1.82) is 0 Å². The van der Waals surface area contributed by atoms with Crippen molar-refractivity contribution in [2.24, 2.45) is 0 Å². The van der Waals surface area contributed by atoms with Crippen molar-refractivity contribution in [1.82, 2.24) is 0 Å². The van der Waals surface area contributed by atoms with Crippen molar-refractivity contribution in [3.8, 4) is 11.5 Å². The van der Waals surface area contributed by atoms with E-state index >= 15 is 0 Å². The first-order valence-corrected chi connectivity index (χ1v) is 8.38. The van der Waals surface area contributed by atoms with Crippen LogP contribution in [0.3, 0.4) is 0 Å². The van der Waals surface area contributed by atoms with E-state index in [1.54, 1.807) is 0 Å². The third-order valence-electron chi connectivity index (χ3n) is 4.01. The van der Waals surface area contributed by atoms with Crippen LogP contribution in [-0.4, -0.2) is 5.11 Å². The number of ether oxygens (including phenoxy) is 2. The number of aliphatic hydroxyl groups is 1. The molecule has 0 aliphatic carbocycles. The molecule has 0 bridgehead atoms. The molecule has 3 nitrogen and oxygen atoms in total. The van der Waals surface area contributed by atoms with Gasteiger partial charge in [-0.1, -0.05) is 60.7 Å². The summed E-state index contributed by atoms with van der Waals surface area (Å²) < 4.78 is 12.0. The highest BCUT2D eigenvalue weighted by molar-refractivity contribution is 5.36. The Labute approximate surface area is 148 Å². The fraction of sp³-hybridized carbons (Fsp3) is 0.182. The van der Waals surface area contributed by atoms with Crippen molar-refractivity contribution in [2.45, 2.75) is 26.2 Å². The zero-order valence-electron chi connectivity index (χ0n) is 14.3. The SMILES string of the molecule is CC(Oc1ccc(CO)cc1)c1ccccc1OCc1ccccc1. The second-order valence-corrected chi connectivity index (χ2v) is 5.87. The van der Waals surface area contributed by atoms with Crippen molar-refractivity contribution in [2.75, 3.05) is 0 Å². The minimum atomic E-state index is -0.146. The van der Waals surface area contributed by atoms with E-state index in [1.807, 2.05) is 85.8 Å². The average Bonchev–Trinajstić information content (AvgIpc) is 2.68. The molecule has 0 aliphatic rings. The van der Waals surface area contributed by atoms with Gasteiger partial charge in [-0.2, -0.15) is 0 Å². The molecule has 128 valence electrons. The molecule has 0 saturated carbocycles. The first-order chi connectivity index (χ1) is 12.3. The third-order valence-corrected chi connectivity index (χ3v) is 4.01. The Morgan fingerprint density at radius 1 is 0.800 bits per heavy atom. The van der Waals surface area contributed by atoms with E-state index in [0.29, 0.717) is 6.61 Å². The Morgan fingerprint density at radius 2 is 1.48 bits per heavy atom. The molecule has 0 amide bonds. The van der Waals surface area contributed by atoms with E-state index in [0.717, 1.165) is 28.2 Å². The van der Waals surface area contributed by atoms with E-state index in [2.05, 4.69) is 0 Å². The monoisotopic (exact) mass is 334 g/mol. The highest BCUT2D eigenvalue weighted by atomic mass is 16.5. The summed E-state index contributed by atoms with van der Waals surface area (Å²) in [6, 6.07) is 25.5. The smallest absolute Gasteiger partial charge is 0.126 e. The van der Waals surface area contributed by atoms with Gasteiger partial charge in [0.05, 0.1) is 6.61 Å². The summed E-state index contributed by atoms with van der Waals surface area (Å²) in [5.41, 5.74) is 3.00. The zero-order valence-corrected chi connectivity index (χ0v) is 14.3. The fourth-order valence-corrected chi connectivity index (χ4v) is 2.62. The lowest BCUT2D eigenvalue weighted by Gasteiger charge is -2.19. The quantitative estimate of drug-likeness (QED) is 0.668. The van der Waals surface area contributed by atoms with E-state index in [1.165, 1.54) is 0 Å². The summed E-state index contributed by atoms with van der Waals surface area (Å²) >= 11 is 0. The minimum Gasteiger partial charge on any atom is -0.488 e. The van der Waals surface area contributed by atoms with Gasteiger partial charge in [0.2, 0.25) is 0 Å². The predicted molar refractivity (Wildman–Crippen MR) is 98.6 cm³/mol. The largest absolute Gasteiger partial charge is 0.488 e. The molecule has 3 aromatic carbocycles.